The Kier molecular flexibility index (Phi) is 8.33. The number of nitrogens with two attached hydrogens (primary N) is 1. The molecule has 1 aromatic carbocycles. The van der Waals surface area contributed by atoms with E-state index in [9.17, 15) is 0 Å². The van der Waals surface area contributed by atoms with Crippen LogP contribution < -0.4 is 11.1 Å². The van der Waals surface area contributed by atoms with Gasteiger partial charge in [-0.25, -0.2) is 4.99 Å². The standard InChI is InChI=1S/C15H21N3O2.HI/c1-19-11-13-6-2-3-7-14(13)18-15(16)17-9-12-5-4-8-20-10-12;/h2-3,5-7H,4,8-11H2,1H3,(H3,16,17,18);1H. The van der Waals surface area contributed by atoms with Crippen LogP contribution >= 0.6 is 24.0 Å². The predicted molar refractivity (Wildman–Crippen MR) is 96.2 cm³/mol. The summed E-state index contributed by atoms with van der Waals surface area (Å²) in [4.78, 5) is 4.34. The van der Waals surface area contributed by atoms with Crippen LogP contribution in [0.3, 0.4) is 0 Å². The monoisotopic (exact) mass is 403 g/mol. The summed E-state index contributed by atoms with van der Waals surface area (Å²) in [5.41, 5.74) is 9.06. The van der Waals surface area contributed by atoms with Crippen LogP contribution in [-0.4, -0.2) is 32.8 Å². The third-order valence-electron chi connectivity index (χ3n) is 3.02. The lowest BCUT2D eigenvalue weighted by atomic mass is 10.2. The zero-order valence-corrected chi connectivity index (χ0v) is 14.5. The Hall–Kier alpha value is -1.12. The number of hydrogen-bond donors (Lipinski definition) is 2. The van der Waals surface area contributed by atoms with Gasteiger partial charge in [0.25, 0.3) is 0 Å². The Morgan fingerprint density at radius 1 is 1.43 bits per heavy atom. The van der Waals surface area contributed by atoms with Crippen LogP contribution in [0.5, 0.6) is 0 Å². The molecule has 0 radical (unpaired) electrons. The van der Waals surface area contributed by atoms with Crippen LogP contribution in [0.2, 0.25) is 0 Å². The number of nitrogens with zero attached hydrogens (tertiary/aromatic N) is 1. The minimum atomic E-state index is 0. The molecule has 0 bridgehead atoms. The summed E-state index contributed by atoms with van der Waals surface area (Å²) in [5, 5.41) is 3.11. The first-order chi connectivity index (χ1) is 9.79. The first-order valence-corrected chi connectivity index (χ1v) is 6.69. The highest BCUT2D eigenvalue weighted by Crippen LogP contribution is 2.15. The fraction of sp³-hybridized carbons (Fsp3) is 0.400. The first kappa shape index (κ1) is 17.9. The zero-order chi connectivity index (χ0) is 14.2. The summed E-state index contributed by atoms with van der Waals surface area (Å²) in [5.74, 6) is 0.403. The molecule has 2 rings (SSSR count). The summed E-state index contributed by atoms with van der Waals surface area (Å²) in [6.45, 7) is 2.56. The molecule has 1 aliphatic heterocycles. The van der Waals surface area contributed by atoms with Gasteiger partial charge < -0.3 is 20.5 Å². The van der Waals surface area contributed by atoms with Crippen molar-refractivity contribution in [3.8, 4) is 0 Å². The number of methoxy groups -OCH3 is 1. The highest BCUT2D eigenvalue weighted by Gasteiger charge is 2.04. The van der Waals surface area contributed by atoms with Crippen molar-refractivity contribution in [2.75, 3.05) is 32.2 Å². The smallest absolute Gasteiger partial charge is 0.193 e. The lowest BCUT2D eigenvalue weighted by Gasteiger charge is -2.13. The second-order valence-electron chi connectivity index (χ2n) is 4.62. The maximum absolute atomic E-state index is 5.92. The molecule has 3 N–H and O–H groups in total. The van der Waals surface area contributed by atoms with Gasteiger partial charge in [-0.2, -0.15) is 0 Å². The molecule has 0 unspecified atom stereocenters. The lowest BCUT2D eigenvalue weighted by Crippen LogP contribution is -2.24. The highest BCUT2D eigenvalue weighted by molar-refractivity contribution is 14.0. The van der Waals surface area contributed by atoms with Gasteiger partial charge in [0.1, 0.15) is 0 Å². The number of halogens is 1. The van der Waals surface area contributed by atoms with Gasteiger partial charge in [-0.1, -0.05) is 24.3 Å². The number of nitrogens with one attached hydrogen (secondary N) is 1. The summed E-state index contributed by atoms with van der Waals surface area (Å²) < 4.78 is 10.5. The fourth-order valence-corrected chi connectivity index (χ4v) is 2.01. The average Bonchev–Trinajstić information content (AvgIpc) is 2.49. The van der Waals surface area contributed by atoms with Gasteiger partial charge in [0, 0.05) is 18.4 Å². The van der Waals surface area contributed by atoms with E-state index in [2.05, 4.69) is 16.4 Å². The number of anilines is 1. The van der Waals surface area contributed by atoms with Gasteiger partial charge in [-0.3, -0.25) is 0 Å². The summed E-state index contributed by atoms with van der Waals surface area (Å²) in [7, 11) is 1.67. The van der Waals surface area contributed by atoms with Crippen molar-refractivity contribution in [3.05, 3.63) is 41.5 Å². The van der Waals surface area contributed by atoms with E-state index in [0.717, 1.165) is 24.3 Å². The second-order valence-corrected chi connectivity index (χ2v) is 4.62. The Morgan fingerprint density at radius 3 is 2.95 bits per heavy atom. The molecule has 1 aliphatic rings. The summed E-state index contributed by atoms with van der Waals surface area (Å²) in [6.07, 6.45) is 3.12. The van der Waals surface area contributed by atoms with Gasteiger partial charge >= 0.3 is 0 Å². The quantitative estimate of drug-likeness (QED) is 0.343. The van der Waals surface area contributed by atoms with Crippen LogP contribution in [0.1, 0.15) is 12.0 Å². The molecule has 0 amide bonds. The lowest BCUT2D eigenvalue weighted by molar-refractivity contribution is 0.150. The largest absolute Gasteiger partial charge is 0.380 e. The first-order valence-electron chi connectivity index (χ1n) is 6.69. The maximum atomic E-state index is 5.92. The van der Waals surface area contributed by atoms with Gasteiger partial charge in [-0.05, 0) is 18.1 Å². The Bertz CT molecular complexity index is 503. The van der Waals surface area contributed by atoms with Gasteiger partial charge in [0.05, 0.1) is 26.4 Å². The van der Waals surface area contributed by atoms with E-state index in [-0.39, 0.29) is 24.0 Å². The van der Waals surface area contributed by atoms with E-state index < -0.39 is 0 Å². The number of rotatable bonds is 5. The van der Waals surface area contributed by atoms with E-state index in [4.69, 9.17) is 15.2 Å². The Balaban J connectivity index is 0.00000220. The van der Waals surface area contributed by atoms with Gasteiger partial charge in [0.2, 0.25) is 0 Å². The molecule has 0 fully saturated rings. The molecule has 0 spiro atoms. The molecule has 0 aromatic heterocycles. The molecule has 116 valence electrons. The van der Waals surface area contributed by atoms with Gasteiger partial charge in [0.15, 0.2) is 5.96 Å². The molecule has 0 atom stereocenters. The van der Waals surface area contributed by atoms with Crippen molar-refractivity contribution in [2.24, 2.45) is 10.7 Å². The van der Waals surface area contributed by atoms with Crippen LogP contribution in [-0.2, 0) is 16.1 Å². The maximum Gasteiger partial charge on any atom is 0.193 e. The Labute approximate surface area is 142 Å². The Morgan fingerprint density at radius 2 is 2.24 bits per heavy atom. The highest BCUT2D eigenvalue weighted by atomic mass is 127. The minimum Gasteiger partial charge on any atom is -0.380 e. The fourth-order valence-electron chi connectivity index (χ4n) is 2.01. The van der Waals surface area contributed by atoms with E-state index >= 15 is 0 Å². The molecule has 0 saturated carbocycles. The van der Waals surface area contributed by atoms with Crippen molar-refractivity contribution in [1.29, 1.82) is 0 Å². The molecule has 6 heteroatoms. The summed E-state index contributed by atoms with van der Waals surface area (Å²) in [6, 6.07) is 7.87. The van der Waals surface area contributed by atoms with Crippen molar-refractivity contribution >= 4 is 35.6 Å². The van der Waals surface area contributed by atoms with Crippen molar-refractivity contribution in [3.63, 3.8) is 0 Å². The van der Waals surface area contributed by atoms with E-state index in [1.165, 1.54) is 5.57 Å². The zero-order valence-electron chi connectivity index (χ0n) is 12.2. The molecule has 1 heterocycles. The van der Waals surface area contributed by atoms with E-state index in [0.29, 0.717) is 25.7 Å². The van der Waals surface area contributed by atoms with E-state index in [1.807, 2.05) is 24.3 Å². The van der Waals surface area contributed by atoms with Crippen LogP contribution in [0, 0.1) is 0 Å². The number of guanidine groups is 1. The van der Waals surface area contributed by atoms with Crippen LogP contribution in [0.15, 0.2) is 40.9 Å². The average molecular weight is 403 g/mol. The third-order valence-corrected chi connectivity index (χ3v) is 3.02. The molecule has 1 aromatic rings. The SMILES string of the molecule is COCc1ccccc1NC(N)=NCC1=CCCOC1.I. The van der Waals surface area contributed by atoms with Crippen molar-refractivity contribution < 1.29 is 9.47 Å². The normalized spacial score (nSPS) is 15.1. The molecule has 0 saturated heterocycles. The summed E-state index contributed by atoms with van der Waals surface area (Å²) >= 11 is 0. The molecular formula is C15H22IN3O2. The van der Waals surface area contributed by atoms with Crippen LogP contribution in [0.25, 0.3) is 0 Å². The predicted octanol–water partition coefficient (Wildman–Crippen LogP) is 2.52. The number of benzene rings is 1. The number of hydrogen-bond acceptors (Lipinski definition) is 3. The van der Waals surface area contributed by atoms with Crippen molar-refractivity contribution in [2.45, 2.75) is 13.0 Å². The van der Waals surface area contributed by atoms with Gasteiger partial charge in [-0.15, -0.1) is 24.0 Å². The molecular weight excluding hydrogens is 381 g/mol. The molecule has 0 aliphatic carbocycles. The number of ether oxygens (including phenoxy) is 2. The van der Waals surface area contributed by atoms with Crippen molar-refractivity contribution in [1.82, 2.24) is 0 Å². The third kappa shape index (κ3) is 6.03. The second kappa shape index (κ2) is 9.75. The molecule has 5 nitrogen and oxygen atoms in total. The van der Waals surface area contributed by atoms with Crippen LogP contribution in [0.4, 0.5) is 5.69 Å². The van der Waals surface area contributed by atoms with E-state index in [1.54, 1.807) is 7.11 Å². The topological polar surface area (TPSA) is 68.9 Å². The minimum absolute atomic E-state index is 0. The number of para-hydroxylation sites is 1. The number of aliphatic imine (C=N–C) groups is 1. The molecule has 21 heavy (non-hydrogen) atoms.